The van der Waals surface area contributed by atoms with Gasteiger partial charge in [-0.05, 0) is 13.2 Å². The first-order valence-electron chi connectivity index (χ1n) is 5.55. The van der Waals surface area contributed by atoms with E-state index in [4.69, 9.17) is 0 Å². The van der Waals surface area contributed by atoms with Gasteiger partial charge in [-0.1, -0.05) is 41.2 Å². The van der Waals surface area contributed by atoms with E-state index in [2.05, 4.69) is 46.5 Å². The van der Waals surface area contributed by atoms with Gasteiger partial charge in [0.1, 0.15) is 5.01 Å². The molecule has 4 nitrogen and oxygen atoms in total. The van der Waals surface area contributed by atoms with Crippen LogP contribution >= 0.6 is 23.1 Å². The second-order valence-corrected chi connectivity index (χ2v) is 5.84. The molecule has 3 aromatic rings. The first kappa shape index (κ1) is 11.7. The minimum atomic E-state index is 0.832. The molecule has 0 atom stereocenters. The Balaban J connectivity index is 2.05. The van der Waals surface area contributed by atoms with Crippen molar-refractivity contribution < 1.29 is 0 Å². The van der Waals surface area contributed by atoms with E-state index in [9.17, 15) is 0 Å². The molecular formula is C12H12N4S2. The maximum atomic E-state index is 4.59. The molecule has 2 heterocycles. The SMILES string of the molecule is CSCc1nnc2sc(-c3ccc(C)cc3)nn12. The Morgan fingerprint density at radius 1 is 1.22 bits per heavy atom. The van der Waals surface area contributed by atoms with Crippen molar-refractivity contribution in [3.63, 3.8) is 0 Å². The second kappa shape index (κ2) is 4.70. The quantitative estimate of drug-likeness (QED) is 0.737. The molecule has 0 aliphatic heterocycles. The highest BCUT2D eigenvalue weighted by atomic mass is 32.2. The van der Waals surface area contributed by atoms with Crippen LogP contribution in [0.3, 0.4) is 0 Å². The normalized spacial score (nSPS) is 11.2. The molecule has 0 aliphatic carbocycles. The summed E-state index contributed by atoms with van der Waals surface area (Å²) in [4.78, 5) is 0.856. The fraction of sp³-hybridized carbons (Fsp3) is 0.250. The van der Waals surface area contributed by atoms with Crippen LogP contribution in [-0.2, 0) is 5.75 Å². The first-order chi connectivity index (χ1) is 8.78. The summed E-state index contributed by atoms with van der Waals surface area (Å²) in [5.74, 6) is 1.74. The molecule has 0 spiro atoms. The van der Waals surface area contributed by atoms with Gasteiger partial charge in [-0.3, -0.25) is 0 Å². The van der Waals surface area contributed by atoms with E-state index in [0.717, 1.165) is 27.1 Å². The molecule has 0 N–H and O–H groups in total. The van der Waals surface area contributed by atoms with E-state index in [1.807, 2.05) is 10.8 Å². The van der Waals surface area contributed by atoms with Crippen LogP contribution in [-0.4, -0.2) is 26.1 Å². The molecule has 3 rings (SSSR count). The summed E-state index contributed by atoms with van der Waals surface area (Å²) in [6.07, 6.45) is 2.05. The summed E-state index contributed by atoms with van der Waals surface area (Å²) in [7, 11) is 0. The fourth-order valence-electron chi connectivity index (χ4n) is 1.69. The van der Waals surface area contributed by atoms with Crippen molar-refractivity contribution in [2.24, 2.45) is 0 Å². The molecule has 0 fully saturated rings. The third-order valence-electron chi connectivity index (χ3n) is 2.63. The van der Waals surface area contributed by atoms with Gasteiger partial charge in [-0.15, -0.1) is 10.2 Å². The smallest absolute Gasteiger partial charge is 0.186 e. The van der Waals surface area contributed by atoms with Crippen LogP contribution in [0.15, 0.2) is 24.3 Å². The Labute approximate surface area is 113 Å². The largest absolute Gasteiger partial charge is 0.235 e. The van der Waals surface area contributed by atoms with Crippen LogP contribution < -0.4 is 0 Å². The molecule has 0 bridgehead atoms. The zero-order chi connectivity index (χ0) is 12.5. The lowest BCUT2D eigenvalue weighted by Gasteiger charge is -1.96. The molecule has 0 aliphatic rings. The van der Waals surface area contributed by atoms with Gasteiger partial charge in [0, 0.05) is 5.56 Å². The van der Waals surface area contributed by atoms with E-state index in [1.165, 1.54) is 5.56 Å². The molecule has 6 heteroatoms. The Hall–Kier alpha value is -1.40. The van der Waals surface area contributed by atoms with Gasteiger partial charge < -0.3 is 0 Å². The Morgan fingerprint density at radius 3 is 2.72 bits per heavy atom. The lowest BCUT2D eigenvalue weighted by molar-refractivity contribution is 0.888. The summed E-state index contributed by atoms with van der Waals surface area (Å²) in [5.41, 5.74) is 2.39. The lowest BCUT2D eigenvalue weighted by atomic mass is 10.2. The third kappa shape index (κ3) is 2.02. The molecule has 0 radical (unpaired) electrons. The number of rotatable bonds is 3. The van der Waals surface area contributed by atoms with Crippen molar-refractivity contribution in [1.82, 2.24) is 19.8 Å². The first-order valence-corrected chi connectivity index (χ1v) is 7.76. The number of benzene rings is 1. The molecule has 0 saturated carbocycles. The third-order valence-corrected chi connectivity index (χ3v) is 4.12. The minimum absolute atomic E-state index is 0.832. The summed E-state index contributed by atoms with van der Waals surface area (Å²) in [5, 5.41) is 13.9. The average molecular weight is 276 g/mol. The minimum Gasteiger partial charge on any atom is -0.186 e. The zero-order valence-electron chi connectivity index (χ0n) is 10.1. The summed E-state index contributed by atoms with van der Waals surface area (Å²) >= 11 is 3.29. The highest BCUT2D eigenvalue weighted by molar-refractivity contribution is 7.97. The van der Waals surface area contributed by atoms with Gasteiger partial charge >= 0.3 is 0 Å². The van der Waals surface area contributed by atoms with Crippen molar-refractivity contribution in [3.8, 4) is 10.6 Å². The maximum absolute atomic E-state index is 4.59. The van der Waals surface area contributed by atoms with Gasteiger partial charge in [0.15, 0.2) is 5.82 Å². The number of nitrogens with zero attached hydrogens (tertiary/aromatic N) is 4. The molecule has 0 saturated heterocycles. The zero-order valence-corrected chi connectivity index (χ0v) is 11.8. The number of thioether (sulfide) groups is 1. The van der Waals surface area contributed by atoms with Gasteiger partial charge in [-0.25, -0.2) is 0 Å². The number of hydrogen-bond donors (Lipinski definition) is 0. The van der Waals surface area contributed by atoms with E-state index >= 15 is 0 Å². The van der Waals surface area contributed by atoms with Gasteiger partial charge in [0.05, 0.1) is 5.75 Å². The molecule has 0 unspecified atom stereocenters. The molecule has 1 aromatic carbocycles. The highest BCUT2D eigenvalue weighted by Gasteiger charge is 2.12. The van der Waals surface area contributed by atoms with Gasteiger partial charge in [0.25, 0.3) is 0 Å². The Bertz CT molecular complexity index is 669. The van der Waals surface area contributed by atoms with Crippen LogP contribution in [0.1, 0.15) is 11.4 Å². The topological polar surface area (TPSA) is 43.1 Å². The number of hydrogen-bond acceptors (Lipinski definition) is 5. The standard InChI is InChI=1S/C12H12N4S2/c1-8-3-5-9(6-4-8)11-15-16-10(7-17-2)13-14-12(16)18-11/h3-6H,7H2,1-2H3. The summed E-state index contributed by atoms with van der Waals surface area (Å²) in [6, 6.07) is 8.38. The fourth-order valence-corrected chi connectivity index (χ4v) is 2.99. The van der Waals surface area contributed by atoms with Crippen LogP contribution in [0, 0.1) is 6.92 Å². The molecule has 92 valence electrons. The van der Waals surface area contributed by atoms with Crippen LogP contribution in [0.4, 0.5) is 0 Å². The van der Waals surface area contributed by atoms with Crippen LogP contribution in [0.2, 0.25) is 0 Å². The second-order valence-electron chi connectivity index (χ2n) is 4.02. The average Bonchev–Trinajstić information content (AvgIpc) is 2.93. The van der Waals surface area contributed by atoms with Crippen molar-refractivity contribution in [2.45, 2.75) is 12.7 Å². The lowest BCUT2D eigenvalue weighted by Crippen LogP contribution is -1.93. The summed E-state index contributed by atoms with van der Waals surface area (Å²) in [6.45, 7) is 2.08. The number of fused-ring (bicyclic) bond motifs is 1. The van der Waals surface area contributed by atoms with Crippen molar-refractivity contribution >= 4 is 28.1 Å². The van der Waals surface area contributed by atoms with Crippen LogP contribution in [0.5, 0.6) is 0 Å². The van der Waals surface area contributed by atoms with E-state index < -0.39 is 0 Å². The maximum Gasteiger partial charge on any atom is 0.235 e. The molecule has 18 heavy (non-hydrogen) atoms. The van der Waals surface area contributed by atoms with Crippen molar-refractivity contribution in [1.29, 1.82) is 0 Å². The number of aryl methyl sites for hydroxylation is 1. The molecule has 0 amide bonds. The Kier molecular flexibility index (Phi) is 3.05. The summed E-state index contributed by atoms with van der Waals surface area (Å²) < 4.78 is 1.84. The predicted octanol–water partition coefficient (Wildman–Crippen LogP) is 3.02. The number of aromatic nitrogens is 4. The van der Waals surface area contributed by atoms with Gasteiger partial charge in [-0.2, -0.15) is 21.4 Å². The molecule has 2 aromatic heterocycles. The van der Waals surface area contributed by atoms with Crippen molar-refractivity contribution in [2.75, 3.05) is 6.26 Å². The van der Waals surface area contributed by atoms with E-state index in [1.54, 1.807) is 23.1 Å². The van der Waals surface area contributed by atoms with E-state index in [-0.39, 0.29) is 0 Å². The van der Waals surface area contributed by atoms with Crippen LogP contribution in [0.25, 0.3) is 15.5 Å². The monoisotopic (exact) mass is 276 g/mol. The Morgan fingerprint density at radius 2 is 2.00 bits per heavy atom. The van der Waals surface area contributed by atoms with Crippen molar-refractivity contribution in [3.05, 3.63) is 35.7 Å². The highest BCUT2D eigenvalue weighted by Crippen LogP contribution is 2.26. The molecular weight excluding hydrogens is 264 g/mol. The van der Waals surface area contributed by atoms with Gasteiger partial charge in [0.2, 0.25) is 4.96 Å². The predicted molar refractivity (Wildman–Crippen MR) is 76.1 cm³/mol. The van der Waals surface area contributed by atoms with E-state index in [0.29, 0.717) is 0 Å².